The number of nitroso groups, excluding NO2 is 1. The summed E-state index contributed by atoms with van der Waals surface area (Å²) in [5, 5.41) is 5.97. The summed E-state index contributed by atoms with van der Waals surface area (Å²) in [6, 6.07) is 12.3. The molecule has 0 spiro atoms. The number of hydrogen-bond donors (Lipinski definition) is 1. The molecule has 0 aliphatic carbocycles. The number of benzene rings is 1. The molecular formula is C20H19N5O3. The fourth-order valence-electron chi connectivity index (χ4n) is 3.42. The molecule has 0 saturated carbocycles. The molecule has 1 aliphatic rings. The molecule has 0 bridgehead atoms. The van der Waals surface area contributed by atoms with Gasteiger partial charge in [-0.2, -0.15) is 0 Å². The van der Waals surface area contributed by atoms with E-state index in [-0.39, 0.29) is 11.5 Å². The third-order valence-corrected chi connectivity index (χ3v) is 4.95. The molecule has 3 aromatic rings. The summed E-state index contributed by atoms with van der Waals surface area (Å²) in [5.74, 6) is 0.572. The van der Waals surface area contributed by atoms with Gasteiger partial charge in [-0.1, -0.05) is 18.2 Å². The molecule has 0 fully saturated rings. The average molecular weight is 377 g/mol. The molecule has 8 heteroatoms. The first kappa shape index (κ1) is 17.8. The first-order valence-electron chi connectivity index (χ1n) is 9.10. The van der Waals surface area contributed by atoms with E-state index in [9.17, 15) is 14.5 Å². The molecular weight excluding hydrogens is 358 g/mol. The maximum Gasteiger partial charge on any atom is 0.276 e. The highest BCUT2D eigenvalue weighted by Gasteiger charge is 2.25. The summed E-state index contributed by atoms with van der Waals surface area (Å²) in [7, 11) is 0. The number of aromatic amines is 1. The highest BCUT2D eigenvalue weighted by atomic mass is 16.3. The number of nitrogens with one attached hydrogen (secondary N) is 1. The highest BCUT2D eigenvalue weighted by Crippen LogP contribution is 2.18. The molecule has 3 heterocycles. The summed E-state index contributed by atoms with van der Waals surface area (Å²) < 4.78 is 1.43. The van der Waals surface area contributed by atoms with Crippen LogP contribution in [0.4, 0.5) is 5.69 Å². The van der Waals surface area contributed by atoms with Crippen LogP contribution in [0.2, 0.25) is 0 Å². The number of pyridine rings is 1. The van der Waals surface area contributed by atoms with E-state index >= 15 is 0 Å². The van der Waals surface area contributed by atoms with Gasteiger partial charge in [-0.05, 0) is 47.8 Å². The molecule has 0 atom stereocenters. The molecule has 1 N–H and O–H groups in total. The molecule has 1 aliphatic heterocycles. The number of carbonyl (C=O) groups excluding carboxylic acids is 1. The van der Waals surface area contributed by atoms with Gasteiger partial charge in [0.15, 0.2) is 5.82 Å². The second-order valence-corrected chi connectivity index (χ2v) is 6.72. The van der Waals surface area contributed by atoms with Crippen molar-refractivity contribution < 1.29 is 4.79 Å². The van der Waals surface area contributed by atoms with Crippen LogP contribution in [0.1, 0.15) is 23.2 Å². The van der Waals surface area contributed by atoms with Crippen LogP contribution in [0.3, 0.4) is 0 Å². The summed E-state index contributed by atoms with van der Waals surface area (Å²) in [4.78, 5) is 41.7. The van der Waals surface area contributed by atoms with Gasteiger partial charge >= 0.3 is 0 Å². The minimum absolute atomic E-state index is 0.0367. The second-order valence-electron chi connectivity index (χ2n) is 6.72. The summed E-state index contributed by atoms with van der Waals surface area (Å²) in [5.41, 5.74) is 2.72. The van der Waals surface area contributed by atoms with Crippen molar-refractivity contribution in [3.05, 3.63) is 80.7 Å². The molecule has 2 aromatic heterocycles. The number of hydrogen-bond acceptors (Lipinski definition) is 5. The van der Waals surface area contributed by atoms with E-state index in [0.29, 0.717) is 49.4 Å². The molecule has 142 valence electrons. The minimum Gasteiger partial charge on any atom is -0.336 e. The van der Waals surface area contributed by atoms with E-state index in [2.05, 4.69) is 15.3 Å². The third-order valence-electron chi connectivity index (χ3n) is 4.95. The first-order chi connectivity index (χ1) is 13.7. The Morgan fingerprint density at radius 3 is 2.71 bits per heavy atom. The Hall–Kier alpha value is -3.55. The Kier molecular flexibility index (Phi) is 4.84. The van der Waals surface area contributed by atoms with Gasteiger partial charge in [0.2, 0.25) is 5.91 Å². The Morgan fingerprint density at radius 2 is 2.00 bits per heavy atom. The second kappa shape index (κ2) is 7.59. The number of H-pyrrole nitrogens is 1. The monoisotopic (exact) mass is 377 g/mol. The smallest absolute Gasteiger partial charge is 0.276 e. The van der Waals surface area contributed by atoms with Gasteiger partial charge in [0.25, 0.3) is 5.56 Å². The molecule has 0 saturated heterocycles. The molecule has 1 aromatic carbocycles. The van der Waals surface area contributed by atoms with Crippen LogP contribution in [0, 0.1) is 4.91 Å². The van der Waals surface area contributed by atoms with Crippen molar-refractivity contribution in [3.8, 4) is 5.82 Å². The highest BCUT2D eigenvalue weighted by molar-refractivity contribution is 5.76. The van der Waals surface area contributed by atoms with E-state index < -0.39 is 0 Å². The van der Waals surface area contributed by atoms with E-state index in [4.69, 9.17) is 0 Å². The van der Waals surface area contributed by atoms with Gasteiger partial charge < -0.3 is 4.90 Å². The van der Waals surface area contributed by atoms with Gasteiger partial charge in [0.05, 0.1) is 12.2 Å². The van der Waals surface area contributed by atoms with Gasteiger partial charge in [0, 0.05) is 24.7 Å². The van der Waals surface area contributed by atoms with Crippen LogP contribution in [-0.4, -0.2) is 32.1 Å². The number of aryl methyl sites for hydroxylation is 1. The van der Waals surface area contributed by atoms with Crippen LogP contribution in [0.15, 0.2) is 58.6 Å². The predicted octanol–water partition coefficient (Wildman–Crippen LogP) is 2.48. The minimum atomic E-state index is -0.107. The van der Waals surface area contributed by atoms with E-state index in [1.165, 1.54) is 4.68 Å². The zero-order valence-corrected chi connectivity index (χ0v) is 15.2. The largest absolute Gasteiger partial charge is 0.336 e. The Labute approximate surface area is 160 Å². The predicted molar refractivity (Wildman–Crippen MR) is 104 cm³/mol. The van der Waals surface area contributed by atoms with Crippen molar-refractivity contribution in [2.24, 2.45) is 5.18 Å². The van der Waals surface area contributed by atoms with E-state index in [1.54, 1.807) is 35.4 Å². The zero-order chi connectivity index (χ0) is 19.5. The lowest BCUT2D eigenvalue weighted by molar-refractivity contribution is -0.132. The summed E-state index contributed by atoms with van der Waals surface area (Å²) in [6.07, 6.45) is 3.12. The SMILES string of the molecule is O=Nc1ccc(CCC(=O)N2CCc3c([nH]n(-c4ccccn4)c3=O)C2)cc1. The lowest BCUT2D eigenvalue weighted by atomic mass is 10.1. The molecule has 0 unspecified atom stereocenters. The molecule has 4 rings (SSSR count). The van der Waals surface area contributed by atoms with Crippen molar-refractivity contribution in [2.75, 3.05) is 6.54 Å². The van der Waals surface area contributed by atoms with Gasteiger partial charge in [-0.25, -0.2) is 9.67 Å². The summed E-state index contributed by atoms with van der Waals surface area (Å²) in [6.45, 7) is 0.909. The van der Waals surface area contributed by atoms with Gasteiger partial charge in [-0.3, -0.25) is 14.7 Å². The molecule has 0 radical (unpaired) electrons. The lowest BCUT2D eigenvalue weighted by Gasteiger charge is -2.26. The van der Waals surface area contributed by atoms with Crippen molar-refractivity contribution in [1.82, 2.24) is 19.7 Å². The normalized spacial score (nSPS) is 13.2. The van der Waals surface area contributed by atoms with Crippen molar-refractivity contribution in [2.45, 2.75) is 25.8 Å². The fraction of sp³-hybridized carbons (Fsp3) is 0.250. The maximum absolute atomic E-state index is 12.6. The van der Waals surface area contributed by atoms with Crippen molar-refractivity contribution in [3.63, 3.8) is 0 Å². The molecule has 28 heavy (non-hydrogen) atoms. The summed E-state index contributed by atoms with van der Waals surface area (Å²) >= 11 is 0. The number of carbonyl (C=O) groups is 1. The Bertz CT molecular complexity index is 1050. The van der Waals surface area contributed by atoms with Crippen molar-refractivity contribution >= 4 is 11.6 Å². The van der Waals surface area contributed by atoms with Crippen molar-refractivity contribution in [1.29, 1.82) is 0 Å². The number of nitrogens with zero attached hydrogens (tertiary/aromatic N) is 4. The fourth-order valence-corrected chi connectivity index (χ4v) is 3.42. The number of amides is 1. The third kappa shape index (κ3) is 3.48. The van der Waals surface area contributed by atoms with Crippen LogP contribution in [-0.2, 0) is 24.2 Å². The van der Waals surface area contributed by atoms with Gasteiger partial charge in [-0.15, -0.1) is 4.91 Å². The number of rotatable bonds is 5. The van der Waals surface area contributed by atoms with E-state index in [1.807, 2.05) is 18.2 Å². The Morgan fingerprint density at radius 1 is 1.18 bits per heavy atom. The maximum atomic E-state index is 12.6. The van der Waals surface area contributed by atoms with Crippen LogP contribution < -0.4 is 5.56 Å². The Balaban J connectivity index is 1.44. The standard InChI is InChI=1S/C20H19N5O3/c26-19(9-6-14-4-7-15(23-28)8-5-14)24-12-10-16-17(13-24)22-25(20(16)27)18-3-1-2-11-21-18/h1-5,7-8,11,22H,6,9-10,12-13H2. The molecule has 1 amide bonds. The van der Waals surface area contributed by atoms with Crippen LogP contribution in [0.25, 0.3) is 5.82 Å². The number of fused-ring (bicyclic) bond motifs is 1. The molecule has 8 nitrogen and oxygen atoms in total. The number of aromatic nitrogens is 3. The topological polar surface area (TPSA) is 100 Å². The van der Waals surface area contributed by atoms with E-state index in [0.717, 1.165) is 11.3 Å². The lowest BCUT2D eigenvalue weighted by Crippen LogP contribution is -2.37. The van der Waals surface area contributed by atoms with Gasteiger partial charge in [0.1, 0.15) is 5.69 Å². The first-order valence-corrected chi connectivity index (χ1v) is 9.10. The zero-order valence-electron chi connectivity index (χ0n) is 15.2. The van der Waals surface area contributed by atoms with Crippen LogP contribution >= 0.6 is 0 Å². The average Bonchev–Trinajstić information content (AvgIpc) is 3.09. The van der Waals surface area contributed by atoms with Crippen LogP contribution in [0.5, 0.6) is 0 Å². The quantitative estimate of drug-likeness (QED) is 0.690.